The summed E-state index contributed by atoms with van der Waals surface area (Å²) in [5.41, 5.74) is 1.71. The topological polar surface area (TPSA) is 43.4 Å². The first-order valence-electron chi connectivity index (χ1n) is 5.15. The Morgan fingerprint density at radius 2 is 2.19 bits per heavy atom. The van der Waals surface area contributed by atoms with Gasteiger partial charge in [-0.2, -0.15) is 0 Å². The van der Waals surface area contributed by atoms with Crippen LogP contribution in [-0.2, 0) is 9.53 Å². The lowest BCUT2D eigenvalue weighted by atomic mass is 9.95. The van der Waals surface area contributed by atoms with E-state index in [0.717, 1.165) is 10.5 Å². The predicted molar refractivity (Wildman–Crippen MR) is 59.7 cm³/mol. The lowest BCUT2D eigenvalue weighted by Crippen LogP contribution is -2.36. The van der Waals surface area contributed by atoms with E-state index in [0.29, 0.717) is 18.6 Å². The van der Waals surface area contributed by atoms with Crippen LogP contribution < -0.4 is 0 Å². The van der Waals surface area contributed by atoms with Gasteiger partial charge < -0.3 is 4.74 Å². The molecule has 2 aliphatic heterocycles. The van der Waals surface area contributed by atoms with Crippen LogP contribution in [-0.4, -0.2) is 23.1 Å². The summed E-state index contributed by atoms with van der Waals surface area (Å²) in [5.74, 6) is -0.463. The highest BCUT2D eigenvalue weighted by Crippen LogP contribution is 2.49. The summed E-state index contributed by atoms with van der Waals surface area (Å²) >= 11 is 1.35. The number of ether oxygens (including phenoxy) is 1. The second kappa shape index (κ2) is 3.10. The van der Waals surface area contributed by atoms with Crippen molar-refractivity contribution in [3.63, 3.8) is 0 Å². The fraction of sp³-hybridized carbons (Fsp3) is 0.333. The van der Waals surface area contributed by atoms with Gasteiger partial charge in [-0.05, 0) is 19.1 Å². The zero-order chi connectivity index (χ0) is 11.3. The average Bonchev–Trinajstić information content (AvgIpc) is 2.75. The maximum Gasteiger partial charge on any atom is 0.330 e. The average molecular weight is 234 g/mol. The number of carbonyl (C=O) groups excluding carboxylic acids is 2. The molecule has 3 nitrogen and oxygen atoms in total. The van der Waals surface area contributed by atoms with Gasteiger partial charge in [-0.25, -0.2) is 0 Å². The van der Waals surface area contributed by atoms with E-state index in [-0.39, 0.29) is 11.8 Å². The van der Waals surface area contributed by atoms with E-state index in [4.69, 9.17) is 4.74 Å². The summed E-state index contributed by atoms with van der Waals surface area (Å²) in [7, 11) is 0. The second-order valence-corrected chi connectivity index (χ2v) is 5.48. The highest BCUT2D eigenvalue weighted by Gasteiger charge is 2.56. The highest BCUT2D eigenvalue weighted by atomic mass is 32.2. The Morgan fingerprint density at radius 3 is 2.88 bits per heavy atom. The number of esters is 1. The number of hydrogen-bond donors (Lipinski definition) is 0. The van der Waals surface area contributed by atoms with Gasteiger partial charge in [0.15, 0.2) is 10.5 Å². The Hall–Kier alpha value is -1.29. The maximum atomic E-state index is 12.3. The van der Waals surface area contributed by atoms with Gasteiger partial charge in [0.2, 0.25) is 0 Å². The molecule has 1 atom stereocenters. The van der Waals surface area contributed by atoms with Crippen molar-refractivity contribution in [1.82, 2.24) is 0 Å². The molecule has 0 aliphatic carbocycles. The van der Waals surface area contributed by atoms with E-state index in [9.17, 15) is 9.59 Å². The molecule has 1 aromatic carbocycles. The van der Waals surface area contributed by atoms with Crippen molar-refractivity contribution >= 4 is 23.5 Å². The Labute approximate surface area is 97.2 Å². The minimum atomic E-state index is -0.976. The zero-order valence-electron chi connectivity index (χ0n) is 8.78. The predicted octanol–water partition coefficient (Wildman–Crippen LogP) is 1.97. The molecule has 0 N–H and O–H groups in total. The third kappa shape index (κ3) is 1.11. The van der Waals surface area contributed by atoms with Crippen LogP contribution in [0.25, 0.3) is 0 Å². The molecule has 4 heteroatoms. The number of cyclic esters (lactones) is 1. The number of thioether (sulfide) groups is 1. The van der Waals surface area contributed by atoms with Crippen LogP contribution >= 0.6 is 11.8 Å². The molecule has 0 radical (unpaired) electrons. The van der Waals surface area contributed by atoms with Gasteiger partial charge in [0.1, 0.15) is 0 Å². The number of rotatable bonds is 0. The van der Waals surface area contributed by atoms with E-state index >= 15 is 0 Å². The molecule has 0 saturated carbocycles. The molecule has 1 aromatic rings. The van der Waals surface area contributed by atoms with Crippen LogP contribution in [0.3, 0.4) is 0 Å². The molecule has 0 bridgehead atoms. The SMILES string of the molecule is Cc1ccc2c(c1)C(=O)C1(CCOC1=O)S2. The molecule has 0 aromatic heterocycles. The largest absolute Gasteiger partial charge is 0.464 e. The van der Waals surface area contributed by atoms with E-state index in [1.807, 2.05) is 25.1 Å². The molecular weight excluding hydrogens is 224 g/mol. The fourth-order valence-electron chi connectivity index (χ4n) is 2.17. The van der Waals surface area contributed by atoms with Gasteiger partial charge in [0, 0.05) is 16.9 Å². The standard InChI is InChI=1S/C12H10O3S/c1-7-2-3-9-8(6-7)10(13)12(16-9)4-5-15-11(12)14/h2-3,6H,4-5H2,1H3. The fourth-order valence-corrected chi connectivity index (χ4v) is 3.47. The summed E-state index contributed by atoms with van der Waals surface area (Å²) < 4.78 is 3.97. The number of Topliss-reactive ketones (excluding diaryl/α,β-unsaturated/α-hetero) is 1. The highest BCUT2D eigenvalue weighted by molar-refractivity contribution is 8.03. The molecule has 0 amide bonds. The van der Waals surface area contributed by atoms with Crippen LogP contribution in [0, 0.1) is 6.92 Å². The van der Waals surface area contributed by atoms with E-state index < -0.39 is 4.75 Å². The Kier molecular flexibility index (Phi) is 1.92. The van der Waals surface area contributed by atoms with Crippen molar-refractivity contribution in [2.75, 3.05) is 6.61 Å². The second-order valence-electron chi connectivity index (χ2n) is 4.14. The minimum absolute atomic E-state index is 0.0845. The van der Waals surface area contributed by atoms with Crippen LogP contribution in [0.15, 0.2) is 23.1 Å². The molecule has 2 heterocycles. The van der Waals surface area contributed by atoms with Crippen LogP contribution in [0.5, 0.6) is 0 Å². The zero-order valence-corrected chi connectivity index (χ0v) is 9.60. The van der Waals surface area contributed by atoms with Gasteiger partial charge in [-0.3, -0.25) is 9.59 Å². The lowest BCUT2D eigenvalue weighted by Gasteiger charge is -2.13. The number of aryl methyl sites for hydroxylation is 1. The Balaban J connectivity index is 2.13. The maximum absolute atomic E-state index is 12.3. The quantitative estimate of drug-likeness (QED) is 0.508. The number of benzene rings is 1. The van der Waals surface area contributed by atoms with Crippen LogP contribution in [0.2, 0.25) is 0 Å². The molecule has 82 valence electrons. The molecule has 1 saturated heterocycles. The molecular formula is C12H10O3S. The van der Waals surface area contributed by atoms with E-state index in [1.165, 1.54) is 11.8 Å². The van der Waals surface area contributed by atoms with Crippen molar-refractivity contribution in [3.8, 4) is 0 Å². The number of carbonyl (C=O) groups is 2. The first-order chi connectivity index (χ1) is 7.63. The first kappa shape index (κ1) is 9.90. The molecule has 2 aliphatic rings. The molecule has 3 rings (SSSR count). The summed E-state index contributed by atoms with van der Waals surface area (Å²) in [6.45, 7) is 2.29. The summed E-state index contributed by atoms with van der Waals surface area (Å²) in [6, 6.07) is 5.72. The number of ketones is 1. The van der Waals surface area contributed by atoms with Crippen LogP contribution in [0.4, 0.5) is 0 Å². The first-order valence-corrected chi connectivity index (χ1v) is 5.97. The normalized spacial score (nSPS) is 27.3. The van der Waals surface area contributed by atoms with Crippen molar-refractivity contribution in [3.05, 3.63) is 29.3 Å². The van der Waals surface area contributed by atoms with Gasteiger partial charge in [-0.1, -0.05) is 23.4 Å². The monoisotopic (exact) mass is 234 g/mol. The van der Waals surface area contributed by atoms with E-state index in [2.05, 4.69) is 0 Å². The van der Waals surface area contributed by atoms with Crippen molar-refractivity contribution in [2.24, 2.45) is 0 Å². The van der Waals surface area contributed by atoms with Crippen molar-refractivity contribution in [1.29, 1.82) is 0 Å². The summed E-state index contributed by atoms with van der Waals surface area (Å²) in [6.07, 6.45) is 0.489. The lowest BCUT2D eigenvalue weighted by molar-refractivity contribution is -0.138. The Morgan fingerprint density at radius 1 is 1.38 bits per heavy atom. The molecule has 1 unspecified atom stereocenters. The van der Waals surface area contributed by atoms with Crippen LogP contribution in [0.1, 0.15) is 22.3 Å². The molecule has 1 fully saturated rings. The third-order valence-corrected chi connectivity index (χ3v) is 4.53. The molecule has 16 heavy (non-hydrogen) atoms. The van der Waals surface area contributed by atoms with Crippen molar-refractivity contribution < 1.29 is 14.3 Å². The number of fused-ring (bicyclic) bond motifs is 1. The van der Waals surface area contributed by atoms with Gasteiger partial charge in [-0.15, -0.1) is 0 Å². The summed E-state index contributed by atoms with van der Waals surface area (Å²) in [5, 5.41) is 0. The third-order valence-electron chi connectivity index (χ3n) is 3.05. The van der Waals surface area contributed by atoms with Gasteiger partial charge >= 0.3 is 5.97 Å². The van der Waals surface area contributed by atoms with Crippen molar-refractivity contribution in [2.45, 2.75) is 23.0 Å². The minimum Gasteiger partial charge on any atom is -0.464 e. The summed E-state index contributed by atoms with van der Waals surface area (Å²) in [4.78, 5) is 24.9. The van der Waals surface area contributed by atoms with Gasteiger partial charge in [0.05, 0.1) is 6.61 Å². The smallest absolute Gasteiger partial charge is 0.330 e. The Bertz CT molecular complexity index is 509. The van der Waals surface area contributed by atoms with Gasteiger partial charge in [0.25, 0.3) is 0 Å². The number of hydrogen-bond acceptors (Lipinski definition) is 4. The van der Waals surface area contributed by atoms with E-state index in [1.54, 1.807) is 0 Å². The molecule has 1 spiro atoms.